The largest absolute Gasteiger partial charge is 0.493 e. The summed E-state index contributed by atoms with van der Waals surface area (Å²) in [6.07, 6.45) is 0.696. The molecule has 0 N–H and O–H groups in total. The maximum absolute atomic E-state index is 12.2. The van der Waals surface area contributed by atoms with Crippen LogP contribution in [0.15, 0.2) is 12.1 Å². The predicted molar refractivity (Wildman–Crippen MR) is 70.9 cm³/mol. The van der Waals surface area contributed by atoms with Crippen LogP contribution in [0.3, 0.4) is 0 Å². The van der Waals surface area contributed by atoms with Crippen molar-refractivity contribution in [3.8, 4) is 23.0 Å². The van der Waals surface area contributed by atoms with Crippen LogP contribution in [0, 0.1) is 0 Å². The summed E-state index contributed by atoms with van der Waals surface area (Å²) < 4.78 is 15.8. The lowest BCUT2D eigenvalue weighted by molar-refractivity contribution is 0.323. The summed E-state index contributed by atoms with van der Waals surface area (Å²) in [5.74, 6) is 1.13. The molecule has 1 aromatic carbocycles. The number of fused-ring (bicyclic) bond motifs is 1. The Hall–Kier alpha value is -2.17. The van der Waals surface area contributed by atoms with Crippen LogP contribution in [0.4, 0.5) is 0 Å². The molecule has 0 atom stereocenters. The number of pyridine rings is 1. The van der Waals surface area contributed by atoms with E-state index in [9.17, 15) is 5.11 Å². The molecule has 1 radical (unpaired) electrons. The van der Waals surface area contributed by atoms with E-state index < -0.39 is 0 Å². The number of hydrogen-bond donors (Lipinski definition) is 0. The summed E-state index contributed by atoms with van der Waals surface area (Å²) in [6.45, 7) is 1.95. The Balaban J connectivity index is 2.88. The minimum Gasteiger partial charge on any atom is -0.493 e. The van der Waals surface area contributed by atoms with Gasteiger partial charge in [0, 0.05) is 17.8 Å². The molecule has 0 aliphatic heterocycles. The molecule has 5 heteroatoms. The first-order valence-electron chi connectivity index (χ1n) is 5.95. The van der Waals surface area contributed by atoms with Crippen molar-refractivity contribution in [2.45, 2.75) is 13.3 Å². The smallest absolute Gasteiger partial charge is 0.204 e. The quantitative estimate of drug-likeness (QED) is 0.849. The second kappa shape index (κ2) is 5.22. The highest BCUT2D eigenvalue weighted by molar-refractivity contribution is 5.95. The van der Waals surface area contributed by atoms with E-state index in [1.165, 1.54) is 27.4 Å². The van der Waals surface area contributed by atoms with E-state index in [1.807, 2.05) is 6.92 Å². The van der Waals surface area contributed by atoms with Crippen molar-refractivity contribution in [2.24, 2.45) is 0 Å². The molecule has 0 unspecified atom stereocenters. The number of ether oxygens (including phenoxy) is 3. The molecule has 101 valence electrons. The Labute approximate surface area is 111 Å². The minimum atomic E-state index is -0.125. The Kier molecular flexibility index (Phi) is 3.64. The monoisotopic (exact) mass is 262 g/mol. The Bertz CT molecular complexity index is 610. The maximum Gasteiger partial charge on any atom is 0.204 e. The van der Waals surface area contributed by atoms with Gasteiger partial charge in [-0.05, 0) is 6.42 Å². The standard InChI is InChI=1S/C14H16NO4/c1-5-8-6-10(16)12-9(15-8)7-11(17-2)13(18-3)14(12)19-4/h6-7H,5H2,1-4H3. The molecule has 0 amide bonds. The van der Waals surface area contributed by atoms with Gasteiger partial charge in [-0.3, -0.25) is 10.1 Å². The minimum absolute atomic E-state index is 0.125. The van der Waals surface area contributed by atoms with Gasteiger partial charge < -0.3 is 14.2 Å². The molecule has 1 aromatic heterocycles. The molecule has 0 aliphatic rings. The van der Waals surface area contributed by atoms with Gasteiger partial charge in [-0.1, -0.05) is 6.92 Å². The van der Waals surface area contributed by atoms with E-state index in [2.05, 4.69) is 4.98 Å². The fourth-order valence-corrected chi connectivity index (χ4v) is 2.06. The lowest BCUT2D eigenvalue weighted by atomic mass is 10.1. The van der Waals surface area contributed by atoms with Gasteiger partial charge in [-0.25, -0.2) is 0 Å². The van der Waals surface area contributed by atoms with Gasteiger partial charge in [-0.2, -0.15) is 0 Å². The van der Waals surface area contributed by atoms with Crippen molar-refractivity contribution in [1.29, 1.82) is 0 Å². The Morgan fingerprint density at radius 3 is 2.26 bits per heavy atom. The Morgan fingerprint density at radius 2 is 1.74 bits per heavy atom. The number of methoxy groups -OCH3 is 3. The number of nitrogens with zero attached hydrogens (tertiary/aromatic N) is 1. The highest BCUT2D eigenvalue weighted by Gasteiger charge is 2.20. The number of benzene rings is 1. The molecular formula is C14H16NO4. The van der Waals surface area contributed by atoms with Crippen LogP contribution in [0.1, 0.15) is 12.6 Å². The molecule has 2 rings (SSSR count). The normalized spacial score (nSPS) is 10.5. The molecule has 0 saturated heterocycles. The summed E-state index contributed by atoms with van der Waals surface area (Å²) in [4.78, 5) is 4.43. The van der Waals surface area contributed by atoms with E-state index in [4.69, 9.17) is 14.2 Å². The van der Waals surface area contributed by atoms with E-state index in [-0.39, 0.29) is 5.75 Å². The van der Waals surface area contributed by atoms with Crippen LogP contribution in [-0.4, -0.2) is 26.3 Å². The average Bonchev–Trinajstić information content (AvgIpc) is 2.44. The summed E-state index contributed by atoms with van der Waals surface area (Å²) >= 11 is 0. The van der Waals surface area contributed by atoms with Crippen molar-refractivity contribution >= 4 is 10.9 Å². The zero-order valence-corrected chi connectivity index (χ0v) is 11.4. The van der Waals surface area contributed by atoms with E-state index in [0.29, 0.717) is 34.6 Å². The third-order valence-electron chi connectivity index (χ3n) is 2.98. The topological polar surface area (TPSA) is 60.5 Å². The summed E-state index contributed by atoms with van der Waals surface area (Å²) in [5.41, 5.74) is 1.30. The molecule has 5 nitrogen and oxygen atoms in total. The summed E-state index contributed by atoms with van der Waals surface area (Å²) in [5, 5.41) is 12.6. The molecule has 0 bridgehead atoms. The van der Waals surface area contributed by atoms with Gasteiger partial charge in [0.2, 0.25) is 5.75 Å². The average molecular weight is 262 g/mol. The Morgan fingerprint density at radius 1 is 1.05 bits per heavy atom. The number of aryl methyl sites for hydroxylation is 1. The van der Waals surface area contributed by atoms with Crippen LogP contribution in [0.2, 0.25) is 0 Å². The van der Waals surface area contributed by atoms with Crippen LogP contribution >= 0.6 is 0 Å². The van der Waals surface area contributed by atoms with Gasteiger partial charge in [0.25, 0.3) is 0 Å². The van der Waals surface area contributed by atoms with E-state index in [0.717, 1.165) is 5.69 Å². The second-order valence-corrected chi connectivity index (χ2v) is 4.00. The number of aromatic nitrogens is 1. The fourth-order valence-electron chi connectivity index (χ4n) is 2.06. The van der Waals surface area contributed by atoms with Gasteiger partial charge in [0.05, 0.1) is 32.2 Å². The lowest BCUT2D eigenvalue weighted by Gasteiger charge is -2.15. The fraction of sp³-hybridized carbons (Fsp3) is 0.357. The van der Waals surface area contributed by atoms with Crippen molar-refractivity contribution in [3.63, 3.8) is 0 Å². The van der Waals surface area contributed by atoms with Crippen molar-refractivity contribution in [1.82, 2.24) is 4.98 Å². The molecule has 0 aliphatic carbocycles. The lowest BCUT2D eigenvalue weighted by Crippen LogP contribution is -1.98. The third-order valence-corrected chi connectivity index (χ3v) is 2.98. The van der Waals surface area contributed by atoms with Crippen molar-refractivity contribution in [3.05, 3.63) is 17.8 Å². The van der Waals surface area contributed by atoms with Crippen LogP contribution in [0.25, 0.3) is 10.9 Å². The van der Waals surface area contributed by atoms with Crippen molar-refractivity contribution in [2.75, 3.05) is 21.3 Å². The molecule has 19 heavy (non-hydrogen) atoms. The molecule has 0 spiro atoms. The number of hydrogen-bond acceptors (Lipinski definition) is 4. The SMILES string of the molecule is CCc1cc([O])c2c(OC)c(OC)c(OC)cc2n1. The van der Waals surface area contributed by atoms with Crippen LogP contribution in [-0.2, 0) is 11.5 Å². The van der Waals surface area contributed by atoms with Crippen LogP contribution < -0.4 is 14.2 Å². The number of rotatable bonds is 4. The van der Waals surface area contributed by atoms with Gasteiger partial charge in [-0.15, -0.1) is 0 Å². The zero-order chi connectivity index (χ0) is 14.0. The van der Waals surface area contributed by atoms with E-state index >= 15 is 0 Å². The van der Waals surface area contributed by atoms with Gasteiger partial charge in [0.1, 0.15) is 0 Å². The van der Waals surface area contributed by atoms with Crippen molar-refractivity contribution < 1.29 is 19.3 Å². The predicted octanol–water partition coefficient (Wildman–Crippen LogP) is 2.97. The zero-order valence-electron chi connectivity index (χ0n) is 11.4. The first kappa shape index (κ1) is 13.3. The molecule has 0 fully saturated rings. The summed E-state index contributed by atoms with van der Waals surface area (Å²) in [6, 6.07) is 3.22. The molecular weight excluding hydrogens is 246 g/mol. The van der Waals surface area contributed by atoms with Gasteiger partial charge >= 0.3 is 0 Å². The van der Waals surface area contributed by atoms with E-state index in [1.54, 1.807) is 6.07 Å². The second-order valence-electron chi connectivity index (χ2n) is 4.00. The third kappa shape index (κ3) is 2.12. The van der Waals surface area contributed by atoms with Gasteiger partial charge in [0.15, 0.2) is 17.2 Å². The first-order chi connectivity index (χ1) is 9.15. The molecule has 0 saturated carbocycles. The highest BCUT2D eigenvalue weighted by atomic mass is 16.5. The summed E-state index contributed by atoms with van der Waals surface area (Å²) in [7, 11) is 4.53. The molecule has 2 aromatic rings. The highest BCUT2D eigenvalue weighted by Crippen LogP contribution is 2.46. The van der Waals surface area contributed by atoms with Crippen LogP contribution in [0.5, 0.6) is 23.0 Å². The maximum atomic E-state index is 12.2. The molecule has 1 heterocycles. The first-order valence-corrected chi connectivity index (χ1v) is 5.95.